The quantitative estimate of drug-likeness (QED) is 0.216. The van der Waals surface area contributed by atoms with Crippen LogP contribution in [0.5, 0.6) is 0 Å². The Morgan fingerprint density at radius 3 is 2.20 bits per heavy atom. The molecule has 4 aromatic rings. The van der Waals surface area contributed by atoms with Crippen LogP contribution in [0, 0.1) is 0 Å². The summed E-state index contributed by atoms with van der Waals surface area (Å²) >= 11 is 0. The van der Waals surface area contributed by atoms with Gasteiger partial charge in [0.1, 0.15) is 17.0 Å². The smallest absolute Gasteiger partial charge is 0.416 e. The lowest BCUT2D eigenvalue weighted by atomic mass is 9.93. The van der Waals surface area contributed by atoms with Gasteiger partial charge in [-0.3, -0.25) is 9.88 Å². The molecule has 1 aliphatic heterocycles. The standard InChI is InChI=1S/C36H44N6O4/c1-35(2,3)45-33(43)40-19-16-27(17-20-40)30-21-31(42-32(39-30)28(22-38-42)25-14-15-25)41(34(44)46-36(4,5)6)23-24-10-12-26(13-11-24)29-9-7-8-18-37-29/h7-13,18,21-22,25,27H,14-17,19-20,23H2,1-6H3. The Bertz CT molecular complexity index is 1690. The first-order valence-electron chi connectivity index (χ1n) is 16.2. The minimum absolute atomic E-state index is 0.113. The number of aromatic nitrogens is 4. The SMILES string of the molecule is CC(C)(C)OC(=O)N1CCC(c2cc(N(Cc3ccc(-c4ccccn4)cc3)C(=O)OC(C)(C)C)n3ncc(C4CC4)c3n2)CC1. The molecule has 1 aliphatic carbocycles. The topological polar surface area (TPSA) is 102 Å². The number of fused-ring (bicyclic) bond motifs is 1. The first-order valence-corrected chi connectivity index (χ1v) is 16.2. The maximum absolute atomic E-state index is 13.9. The summed E-state index contributed by atoms with van der Waals surface area (Å²) in [5, 5.41) is 4.76. The fraction of sp³-hybridized carbons (Fsp3) is 0.472. The van der Waals surface area contributed by atoms with Gasteiger partial charge in [0.2, 0.25) is 0 Å². The van der Waals surface area contributed by atoms with E-state index in [1.54, 1.807) is 20.5 Å². The summed E-state index contributed by atoms with van der Waals surface area (Å²) in [4.78, 5) is 39.8. The minimum Gasteiger partial charge on any atom is -0.444 e. The average molecular weight is 625 g/mol. The van der Waals surface area contributed by atoms with Crippen LogP contribution in [0.15, 0.2) is 60.9 Å². The van der Waals surface area contributed by atoms with Gasteiger partial charge in [-0.2, -0.15) is 9.61 Å². The molecule has 1 saturated carbocycles. The predicted octanol–water partition coefficient (Wildman–Crippen LogP) is 7.72. The van der Waals surface area contributed by atoms with Crippen molar-refractivity contribution in [3.63, 3.8) is 0 Å². The van der Waals surface area contributed by atoms with Gasteiger partial charge in [-0.1, -0.05) is 30.3 Å². The first kappa shape index (κ1) is 31.5. The van der Waals surface area contributed by atoms with Crippen LogP contribution in [-0.2, 0) is 16.0 Å². The number of ether oxygens (including phenoxy) is 2. The van der Waals surface area contributed by atoms with Gasteiger partial charge < -0.3 is 14.4 Å². The number of likely N-dealkylation sites (tertiary alicyclic amines) is 1. The van der Waals surface area contributed by atoms with E-state index in [0.717, 1.165) is 59.4 Å². The van der Waals surface area contributed by atoms with Gasteiger partial charge in [-0.05, 0) is 90.8 Å². The molecule has 242 valence electrons. The average Bonchev–Trinajstić information content (AvgIpc) is 3.76. The number of carbonyl (C=O) groups excluding carboxylic acids is 2. The van der Waals surface area contributed by atoms with E-state index in [2.05, 4.69) is 4.98 Å². The normalized spacial score (nSPS) is 16.0. The summed E-state index contributed by atoms with van der Waals surface area (Å²) in [7, 11) is 0. The fourth-order valence-electron chi connectivity index (χ4n) is 5.80. The van der Waals surface area contributed by atoms with Crippen LogP contribution in [0.1, 0.15) is 95.9 Å². The summed E-state index contributed by atoms with van der Waals surface area (Å²) < 4.78 is 13.4. The predicted molar refractivity (Wildman–Crippen MR) is 177 cm³/mol. The van der Waals surface area contributed by atoms with Crippen LogP contribution in [0.2, 0.25) is 0 Å². The minimum atomic E-state index is -0.690. The summed E-state index contributed by atoms with van der Waals surface area (Å²) in [5.41, 5.74) is 4.39. The van der Waals surface area contributed by atoms with E-state index in [9.17, 15) is 9.59 Å². The number of pyridine rings is 1. The van der Waals surface area contributed by atoms with Crippen molar-refractivity contribution >= 4 is 23.7 Å². The Labute approximate surface area is 270 Å². The van der Waals surface area contributed by atoms with Gasteiger partial charge in [-0.25, -0.2) is 14.6 Å². The maximum atomic E-state index is 13.9. The summed E-state index contributed by atoms with van der Waals surface area (Å²) in [5.74, 6) is 1.16. The molecule has 0 bridgehead atoms. The Hall–Kier alpha value is -4.47. The molecule has 4 heterocycles. The molecule has 0 N–H and O–H groups in total. The van der Waals surface area contributed by atoms with Crippen LogP contribution in [0.4, 0.5) is 15.4 Å². The number of amides is 2. The van der Waals surface area contributed by atoms with E-state index < -0.39 is 17.3 Å². The van der Waals surface area contributed by atoms with Crippen molar-refractivity contribution in [3.8, 4) is 11.3 Å². The molecule has 2 aliphatic rings. The molecule has 6 rings (SSSR count). The van der Waals surface area contributed by atoms with Gasteiger partial charge in [-0.15, -0.1) is 0 Å². The van der Waals surface area contributed by atoms with Crippen LogP contribution >= 0.6 is 0 Å². The van der Waals surface area contributed by atoms with Gasteiger partial charge in [0.05, 0.1) is 18.4 Å². The lowest BCUT2D eigenvalue weighted by Crippen LogP contribution is -2.41. The summed E-state index contributed by atoms with van der Waals surface area (Å²) in [6.07, 6.45) is 6.64. The van der Waals surface area contributed by atoms with E-state index in [1.165, 1.54) is 0 Å². The van der Waals surface area contributed by atoms with E-state index >= 15 is 0 Å². The van der Waals surface area contributed by atoms with Crippen molar-refractivity contribution in [3.05, 3.63) is 77.7 Å². The van der Waals surface area contributed by atoms with Gasteiger partial charge in [0.15, 0.2) is 5.65 Å². The van der Waals surface area contributed by atoms with E-state index in [-0.39, 0.29) is 18.6 Å². The third-order valence-corrected chi connectivity index (χ3v) is 8.23. The third-order valence-electron chi connectivity index (χ3n) is 8.23. The zero-order valence-corrected chi connectivity index (χ0v) is 27.7. The Morgan fingerprint density at radius 2 is 1.59 bits per heavy atom. The molecule has 1 aromatic carbocycles. The van der Waals surface area contributed by atoms with Crippen molar-refractivity contribution < 1.29 is 19.1 Å². The van der Waals surface area contributed by atoms with Crippen molar-refractivity contribution in [2.45, 2.75) is 96.8 Å². The number of hydrogen-bond donors (Lipinski definition) is 0. The van der Waals surface area contributed by atoms with Crippen molar-refractivity contribution in [1.29, 1.82) is 0 Å². The molecule has 0 atom stereocenters. The second-order valence-electron chi connectivity index (χ2n) is 14.4. The van der Waals surface area contributed by atoms with E-state index in [0.29, 0.717) is 24.8 Å². The van der Waals surface area contributed by atoms with Crippen molar-refractivity contribution in [2.24, 2.45) is 0 Å². The number of hydrogen-bond acceptors (Lipinski definition) is 7. The lowest BCUT2D eigenvalue weighted by Gasteiger charge is -2.33. The largest absolute Gasteiger partial charge is 0.444 e. The maximum Gasteiger partial charge on any atom is 0.416 e. The molecular formula is C36H44N6O4. The molecule has 2 amide bonds. The zero-order chi connectivity index (χ0) is 32.6. The van der Waals surface area contributed by atoms with Gasteiger partial charge >= 0.3 is 12.2 Å². The molecule has 46 heavy (non-hydrogen) atoms. The number of nitrogens with zero attached hydrogens (tertiary/aromatic N) is 6. The summed E-state index contributed by atoms with van der Waals surface area (Å²) in [6.45, 7) is 12.7. The highest BCUT2D eigenvalue weighted by molar-refractivity contribution is 5.87. The molecular weight excluding hydrogens is 580 g/mol. The monoisotopic (exact) mass is 624 g/mol. The summed E-state index contributed by atoms with van der Waals surface area (Å²) in [6, 6.07) is 15.9. The van der Waals surface area contributed by atoms with Gasteiger partial charge in [0, 0.05) is 48.1 Å². The molecule has 1 saturated heterocycles. The highest BCUT2D eigenvalue weighted by atomic mass is 16.6. The Kier molecular flexibility index (Phi) is 8.48. The van der Waals surface area contributed by atoms with E-state index in [4.69, 9.17) is 19.6 Å². The Morgan fingerprint density at radius 1 is 0.891 bits per heavy atom. The fourth-order valence-corrected chi connectivity index (χ4v) is 5.80. The lowest BCUT2D eigenvalue weighted by molar-refractivity contribution is 0.0203. The number of carbonyl (C=O) groups is 2. The molecule has 0 radical (unpaired) electrons. The number of rotatable bonds is 6. The van der Waals surface area contributed by atoms with Crippen LogP contribution < -0.4 is 4.90 Å². The van der Waals surface area contributed by atoms with Crippen LogP contribution in [-0.4, -0.2) is 61.0 Å². The highest BCUT2D eigenvalue weighted by Crippen LogP contribution is 2.43. The number of piperidine rings is 1. The highest BCUT2D eigenvalue weighted by Gasteiger charge is 2.33. The molecule has 0 spiro atoms. The molecule has 0 unspecified atom stereocenters. The Balaban J connectivity index is 1.34. The van der Waals surface area contributed by atoms with E-state index in [1.807, 2.05) is 96.3 Å². The third kappa shape index (κ3) is 7.32. The van der Waals surface area contributed by atoms with Crippen molar-refractivity contribution in [2.75, 3.05) is 18.0 Å². The molecule has 2 fully saturated rings. The number of anilines is 1. The second-order valence-corrected chi connectivity index (χ2v) is 14.4. The van der Waals surface area contributed by atoms with Crippen LogP contribution in [0.25, 0.3) is 16.9 Å². The molecule has 10 heteroatoms. The second kappa shape index (κ2) is 12.4. The molecule has 3 aromatic heterocycles. The van der Waals surface area contributed by atoms with Gasteiger partial charge in [0.25, 0.3) is 0 Å². The first-order chi connectivity index (χ1) is 21.8. The van der Waals surface area contributed by atoms with Crippen molar-refractivity contribution in [1.82, 2.24) is 24.5 Å². The molecule has 10 nitrogen and oxygen atoms in total. The zero-order valence-electron chi connectivity index (χ0n) is 27.7. The van der Waals surface area contributed by atoms with Crippen LogP contribution in [0.3, 0.4) is 0 Å². The number of benzene rings is 1.